The molecule has 0 amide bonds. The van der Waals surface area contributed by atoms with Gasteiger partial charge in [-0.1, -0.05) is 18.2 Å². The fraction of sp³-hybridized carbons (Fsp3) is 0.0952. The number of ether oxygens (including phenoxy) is 2. The first-order valence-electron chi connectivity index (χ1n) is 8.25. The zero-order valence-corrected chi connectivity index (χ0v) is 14.6. The first-order valence-corrected chi connectivity index (χ1v) is 8.25. The van der Waals surface area contributed by atoms with Crippen molar-refractivity contribution in [3.05, 3.63) is 60.9 Å². The Morgan fingerprint density at radius 2 is 1.73 bits per heavy atom. The Kier molecular flexibility index (Phi) is 3.97. The molecule has 0 saturated heterocycles. The molecule has 130 valence electrons. The number of hydrogen-bond acceptors (Lipinski definition) is 4. The van der Waals surface area contributed by atoms with Gasteiger partial charge in [0.2, 0.25) is 0 Å². The van der Waals surface area contributed by atoms with Crippen molar-refractivity contribution in [2.24, 2.45) is 0 Å². The van der Waals surface area contributed by atoms with Crippen molar-refractivity contribution < 1.29 is 9.47 Å². The standard InChI is InChI=1S/C21H19N3O2/c1-25-19-7-6-13(10-20(19)26-2)15-9-17-18(12-24-21(17)23-11-15)14-4-3-5-16(22)8-14/h3-12H,22H2,1-2H3,(H,23,24). The van der Waals surface area contributed by atoms with Crippen LogP contribution < -0.4 is 15.2 Å². The third-order valence-electron chi connectivity index (χ3n) is 4.45. The molecule has 2 aromatic heterocycles. The van der Waals surface area contributed by atoms with Crippen LogP contribution in [0.2, 0.25) is 0 Å². The summed E-state index contributed by atoms with van der Waals surface area (Å²) in [6.07, 6.45) is 3.81. The number of H-pyrrole nitrogens is 1. The summed E-state index contributed by atoms with van der Waals surface area (Å²) >= 11 is 0. The van der Waals surface area contributed by atoms with Crippen molar-refractivity contribution in [2.45, 2.75) is 0 Å². The largest absolute Gasteiger partial charge is 0.493 e. The Hall–Kier alpha value is -3.47. The number of anilines is 1. The van der Waals surface area contributed by atoms with E-state index in [0.717, 1.165) is 39.0 Å². The van der Waals surface area contributed by atoms with E-state index in [0.29, 0.717) is 11.5 Å². The van der Waals surface area contributed by atoms with E-state index in [9.17, 15) is 0 Å². The van der Waals surface area contributed by atoms with Gasteiger partial charge in [-0.05, 0) is 41.5 Å². The molecule has 4 aromatic rings. The van der Waals surface area contributed by atoms with E-state index in [1.165, 1.54) is 0 Å². The lowest BCUT2D eigenvalue weighted by Crippen LogP contribution is -1.91. The number of nitrogen functional groups attached to an aromatic ring is 1. The second-order valence-corrected chi connectivity index (χ2v) is 6.02. The molecule has 0 aliphatic rings. The van der Waals surface area contributed by atoms with E-state index in [-0.39, 0.29) is 0 Å². The molecule has 0 spiro atoms. The number of pyridine rings is 1. The molecular formula is C21H19N3O2. The minimum atomic E-state index is 0.690. The molecule has 2 heterocycles. The predicted octanol–water partition coefficient (Wildman–Crippen LogP) is 4.50. The Morgan fingerprint density at radius 3 is 2.50 bits per heavy atom. The van der Waals surface area contributed by atoms with Crippen LogP contribution >= 0.6 is 0 Å². The fourth-order valence-electron chi connectivity index (χ4n) is 3.12. The van der Waals surface area contributed by atoms with Crippen molar-refractivity contribution in [1.29, 1.82) is 0 Å². The lowest BCUT2D eigenvalue weighted by molar-refractivity contribution is 0.355. The second-order valence-electron chi connectivity index (χ2n) is 6.02. The number of nitrogens with two attached hydrogens (primary N) is 1. The van der Waals surface area contributed by atoms with Crippen LogP contribution in [0.25, 0.3) is 33.3 Å². The van der Waals surface area contributed by atoms with Crippen LogP contribution in [0.15, 0.2) is 60.9 Å². The Bertz CT molecular complexity index is 1090. The van der Waals surface area contributed by atoms with Gasteiger partial charge in [0, 0.05) is 34.6 Å². The zero-order valence-electron chi connectivity index (χ0n) is 14.6. The van der Waals surface area contributed by atoms with Gasteiger partial charge in [0.1, 0.15) is 5.65 Å². The molecule has 2 aromatic carbocycles. The van der Waals surface area contributed by atoms with Crippen LogP contribution in [-0.2, 0) is 0 Å². The summed E-state index contributed by atoms with van der Waals surface area (Å²) < 4.78 is 10.7. The molecule has 0 radical (unpaired) electrons. The summed E-state index contributed by atoms with van der Waals surface area (Å²) in [4.78, 5) is 7.79. The molecule has 3 N–H and O–H groups in total. The van der Waals surface area contributed by atoms with E-state index >= 15 is 0 Å². The average Bonchev–Trinajstić information content (AvgIpc) is 3.10. The molecular weight excluding hydrogens is 326 g/mol. The van der Waals surface area contributed by atoms with Crippen LogP contribution in [0, 0.1) is 0 Å². The smallest absolute Gasteiger partial charge is 0.161 e. The molecule has 0 bridgehead atoms. The summed E-state index contributed by atoms with van der Waals surface area (Å²) in [5.74, 6) is 1.39. The fourth-order valence-corrected chi connectivity index (χ4v) is 3.12. The monoisotopic (exact) mass is 345 g/mol. The number of nitrogens with one attached hydrogen (secondary N) is 1. The number of rotatable bonds is 4. The van der Waals surface area contributed by atoms with E-state index in [1.54, 1.807) is 14.2 Å². The van der Waals surface area contributed by atoms with E-state index in [2.05, 4.69) is 16.0 Å². The summed E-state index contributed by atoms with van der Waals surface area (Å²) in [7, 11) is 3.26. The lowest BCUT2D eigenvalue weighted by atomic mass is 10.0. The van der Waals surface area contributed by atoms with Crippen LogP contribution in [0.5, 0.6) is 11.5 Å². The zero-order chi connectivity index (χ0) is 18.1. The molecule has 0 aliphatic heterocycles. The quantitative estimate of drug-likeness (QED) is 0.534. The molecule has 0 fully saturated rings. The summed E-state index contributed by atoms with van der Waals surface area (Å²) in [6, 6.07) is 15.8. The van der Waals surface area contributed by atoms with Gasteiger partial charge in [0.25, 0.3) is 0 Å². The lowest BCUT2D eigenvalue weighted by Gasteiger charge is -2.10. The Labute approximate surface area is 151 Å². The van der Waals surface area contributed by atoms with Crippen LogP contribution in [0.1, 0.15) is 0 Å². The van der Waals surface area contributed by atoms with Crippen molar-refractivity contribution >= 4 is 16.7 Å². The number of benzene rings is 2. The van der Waals surface area contributed by atoms with Gasteiger partial charge < -0.3 is 20.2 Å². The van der Waals surface area contributed by atoms with Crippen LogP contribution in [0.4, 0.5) is 5.69 Å². The highest BCUT2D eigenvalue weighted by Crippen LogP contribution is 2.35. The van der Waals surface area contributed by atoms with Gasteiger partial charge in [-0.15, -0.1) is 0 Å². The Balaban J connectivity index is 1.84. The van der Waals surface area contributed by atoms with Crippen molar-refractivity contribution in [2.75, 3.05) is 20.0 Å². The van der Waals surface area contributed by atoms with Crippen LogP contribution in [0.3, 0.4) is 0 Å². The van der Waals surface area contributed by atoms with Gasteiger partial charge in [0.05, 0.1) is 14.2 Å². The second kappa shape index (κ2) is 6.44. The van der Waals surface area contributed by atoms with Crippen molar-refractivity contribution in [3.63, 3.8) is 0 Å². The summed E-state index contributed by atoms with van der Waals surface area (Å²) in [6.45, 7) is 0. The van der Waals surface area contributed by atoms with Crippen molar-refractivity contribution in [3.8, 4) is 33.8 Å². The van der Waals surface area contributed by atoms with E-state index in [4.69, 9.17) is 15.2 Å². The van der Waals surface area contributed by atoms with Crippen LogP contribution in [-0.4, -0.2) is 24.2 Å². The third kappa shape index (κ3) is 2.73. The normalized spacial score (nSPS) is 10.8. The molecule has 5 heteroatoms. The minimum Gasteiger partial charge on any atom is -0.493 e. The molecule has 0 aliphatic carbocycles. The van der Waals surface area contributed by atoms with E-state index < -0.39 is 0 Å². The summed E-state index contributed by atoms with van der Waals surface area (Å²) in [5, 5.41) is 1.04. The number of methoxy groups -OCH3 is 2. The highest BCUT2D eigenvalue weighted by atomic mass is 16.5. The first-order chi connectivity index (χ1) is 12.7. The number of nitrogens with zero attached hydrogens (tertiary/aromatic N) is 1. The first kappa shape index (κ1) is 16.0. The third-order valence-corrected chi connectivity index (χ3v) is 4.45. The number of aromatic nitrogens is 2. The molecule has 5 nitrogen and oxygen atoms in total. The van der Waals surface area contributed by atoms with Gasteiger partial charge in [-0.3, -0.25) is 0 Å². The maximum atomic E-state index is 5.94. The maximum Gasteiger partial charge on any atom is 0.161 e. The number of aromatic amines is 1. The van der Waals surface area contributed by atoms with Gasteiger partial charge in [0.15, 0.2) is 11.5 Å². The molecule has 0 atom stereocenters. The molecule has 0 unspecified atom stereocenters. The SMILES string of the molecule is COc1ccc(-c2cnc3[nH]cc(-c4cccc(N)c4)c3c2)cc1OC. The molecule has 0 saturated carbocycles. The number of fused-ring (bicyclic) bond motifs is 1. The number of hydrogen-bond donors (Lipinski definition) is 2. The van der Waals surface area contributed by atoms with Gasteiger partial charge in [-0.2, -0.15) is 0 Å². The molecule has 26 heavy (non-hydrogen) atoms. The van der Waals surface area contributed by atoms with Gasteiger partial charge >= 0.3 is 0 Å². The maximum absolute atomic E-state index is 5.94. The predicted molar refractivity (Wildman–Crippen MR) is 104 cm³/mol. The topological polar surface area (TPSA) is 73.2 Å². The molecule has 4 rings (SSSR count). The average molecular weight is 345 g/mol. The summed E-state index contributed by atoms with van der Waals surface area (Å²) in [5.41, 5.74) is 11.7. The minimum absolute atomic E-state index is 0.690. The Morgan fingerprint density at radius 1 is 0.885 bits per heavy atom. The van der Waals surface area contributed by atoms with Gasteiger partial charge in [-0.25, -0.2) is 4.98 Å². The van der Waals surface area contributed by atoms with Crippen molar-refractivity contribution in [1.82, 2.24) is 9.97 Å². The highest BCUT2D eigenvalue weighted by Gasteiger charge is 2.11. The highest BCUT2D eigenvalue weighted by molar-refractivity contribution is 5.96. The van der Waals surface area contributed by atoms with E-state index in [1.807, 2.05) is 54.9 Å².